The molecule has 5 nitrogen and oxygen atoms in total. The van der Waals surface area contributed by atoms with E-state index in [1.165, 1.54) is 12.1 Å². The Morgan fingerprint density at radius 3 is 2.35 bits per heavy atom. The summed E-state index contributed by atoms with van der Waals surface area (Å²) in [6, 6.07) is 6.96. The van der Waals surface area contributed by atoms with Crippen LogP contribution >= 0.6 is 0 Å². The third kappa shape index (κ3) is 2.52. The van der Waals surface area contributed by atoms with Crippen LogP contribution in [0, 0.1) is 0 Å². The molecule has 2 rings (SSSR count). The third-order valence-corrected chi connectivity index (χ3v) is 4.31. The first-order valence-corrected chi connectivity index (χ1v) is 6.74. The lowest BCUT2D eigenvalue weighted by Gasteiger charge is -2.09. The Hall–Kier alpha value is -1.69. The van der Waals surface area contributed by atoms with Gasteiger partial charge in [-0.25, -0.2) is 8.42 Å². The lowest BCUT2D eigenvalue weighted by molar-refractivity contribution is -0.122. The Labute approximate surface area is 98.7 Å². The first kappa shape index (κ1) is 11.8. The summed E-state index contributed by atoms with van der Waals surface area (Å²) in [5.74, 6) is -1.15. The molecular weight excluding hydrogens is 242 g/mol. The molecule has 0 radical (unpaired) electrons. The molecule has 17 heavy (non-hydrogen) atoms. The lowest BCUT2D eigenvalue weighted by Crippen LogP contribution is -2.36. The van der Waals surface area contributed by atoms with Crippen molar-refractivity contribution >= 4 is 21.5 Å². The van der Waals surface area contributed by atoms with Gasteiger partial charge in [0.25, 0.3) is 0 Å². The zero-order valence-electron chi connectivity index (χ0n) is 8.92. The minimum Gasteiger partial charge on any atom is -0.345 e. The molecule has 90 valence electrons. The van der Waals surface area contributed by atoms with Gasteiger partial charge in [0.1, 0.15) is 6.04 Å². The predicted molar refractivity (Wildman–Crippen MR) is 60.0 cm³/mol. The molecule has 1 fully saturated rings. The maximum absolute atomic E-state index is 11.9. The highest BCUT2D eigenvalue weighted by molar-refractivity contribution is 7.91. The van der Waals surface area contributed by atoms with Gasteiger partial charge in [-0.2, -0.15) is 0 Å². The van der Waals surface area contributed by atoms with Crippen LogP contribution in [-0.4, -0.2) is 31.9 Å². The summed E-state index contributed by atoms with van der Waals surface area (Å²) in [4.78, 5) is 22.5. The fourth-order valence-corrected chi connectivity index (χ4v) is 3.16. The summed E-state index contributed by atoms with van der Waals surface area (Å²) in [5.41, 5.74) is 0. The highest BCUT2D eigenvalue weighted by Crippen LogP contribution is 2.14. The van der Waals surface area contributed by atoms with E-state index in [-0.39, 0.29) is 22.9 Å². The van der Waals surface area contributed by atoms with Gasteiger partial charge in [0.05, 0.1) is 17.1 Å². The van der Waals surface area contributed by atoms with Gasteiger partial charge >= 0.3 is 0 Å². The number of hydrogen-bond donors (Lipinski definition) is 1. The average molecular weight is 253 g/mol. The summed E-state index contributed by atoms with van der Waals surface area (Å²) in [5, 5.41) is 2.36. The van der Waals surface area contributed by atoms with E-state index in [2.05, 4.69) is 5.32 Å². The summed E-state index contributed by atoms with van der Waals surface area (Å²) >= 11 is 0. The topological polar surface area (TPSA) is 80.3 Å². The van der Waals surface area contributed by atoms with Gasteiger partial charge < -0.3 is 5.32 Å². The predicted octanol–water partition coefficient (Wildman–Crippen LogP) is -0.0821. The second-order valence-corrected chi connectivity index (χ2v) is 5.89. The van der Waals surface area contributed by atoms with Crippen molar-refractivity contribution in [3.05, 3.63) is 30.3 Å². The molecule has 1 aliphatic heterocycles. The van der Waals surface area contributed by atoms with Gasteiger partial charge in [0, 0.05) is 0 Å². The number of rotatable bonds is 3. The molecule has 1 aromatic rings. The molecule has 1 unspecified atom stereocenters. The molecule has 1 aromatic carbocycles. The number of carbonyl (C=O) groups is 2. The SMILES string of the molecule is O=C1CC(=O)C(CS(=O)(=O)c2ccccc2)N1. The number of Topliss-reactive ketones (excluding diaryl/α,β-unsaturated/α-hetero) is 1. The molecule has 1 atom stereocenters. The first-order valence-electron chi connectivity index (χ1n) is 5.09. The molecule has 0 saturated carbocycles. The Kier molecular flexibility index (Phi) is 2.97. The van der Waals surface area contributed by atoms with Crippen LogP contribution in [0.5, 0.6) is 0 Å². The largest absolute Gasteiger partial charge is 0.345 e. The molecule has 1 N–H and O–H groups in total. The number of amides is 1. The summed E-state index contributed by atoms with van der Waals surface area (Å²) in [6.45, 7) is 0. The Balaban J connectivity index is 2.19. The zero-order valence-corrected chi connectivity index (χ0v) is 9.74. The maximum Gasteiger partial charge on any atom is 0.228 e. The number of ketones is 1. The number of carbonyl (C=O) groups excluding carboxylic acids is 2. The van der Waals surface area contributed by atoms with Crippen LogP contribution in [0.25, 0.3) is 0 Å². The van der Waals surface area contributed by atoms with Gasteiger partial charge in [-0.1, -0.05) is 18.2 Å². The molecule has 1 aliphatic rings. The Morgan fingerprint density at radius 2 is 1.82 bits per heavy atom. The highest BCUT2D eigenvalue weighted by atomic mass is 32.2. The fourth-order valence-electron chi connectivity index (χ4n) is 1.69. The van der Waals surface area contributed by atoms with Gasteiger partial charge in [0.15, 0.2) is 15.6 Å². The third-order valence-electron chi connectivity index (χ3n) is 2.55. The molecule has 0 bridgehead atoms. The summed E-state index contributed by atoms with van der Waals surface area (Å²) in [7, 11) is -3.54. The van der Waals surface area contributed by atoms with Crippen molar-refractivity contribution in [3.63, 3.8) is 0 Å². The van der Waals surface area contributed by atoms with Crippen molar-refractivity contribution in [3.8, 4) is 0 Å². The van der Waals surface area contributed by atoms with Crippen molar-refractivity contribution in [1.82, 2.24) is 5.32 Å². The number of hydrogen-bond acceptors (Lipinski definition) is 4. The van der Waals surface area contributed by atoms with Gasteiger partial charge in [-0.3, -0.25) is 9.59 Å². The fraction of sp³-hybridized carbons (Fsp3) is 0.273. The van der Waals surface area contributed by atoms with Gasteiger partial charge in [-0.15, -0.1) is 0 Å². The normalized spacial score (nSPS) is 20.4. The molecular formula is C11H11NO4S. The van der Waals surface area contributed by atoms with E-state index in [1.807, 2.05) is 0 Å². The number of sulfone groups is 1. The molecule has 1 heterocycles. The summed E-state index contributed by atoms with van der Waals surface area (Å²) in [6.07, 6.45) is -0.227. The highest BCUT2D eigenvalue weighted by Gasteiger charge is 2.34. The van der Waals surface area contributed by atoms with Crippen molar-refractivity contribution in [1.29, 1.82) is 0 Å². The monoisotopic (exact) mass is 253 g/mol. The zero-order chi connectivity index (χ0) is 12.5. The van der Waals surface area contributed by atoms with Crippen molar-refractivity contribution < 1.29 is 18.0 Å². The van der Waals surface area contributed by atoms with Gasteiger partial charge in [0.2, 0.25) is 5.91 Å². The van der Waals surface area contributed by atoms with Crippen LogP contribution in [0.3, 0.4) is 0 Å². The van der Waals surface area contributed by atoms with E-state index < -0.39 is 21.8 Å². The minimum atomic E-state index is -3.54. The molecule has 0 aliphatic carbocycles. The quantitative estimate of drug-likeness (QED) is 0.764. The first-order chi connectivity index (χ1) is 7.99. The van der Waals surface area contributed by atoms with Crippen molar-refractivity contribution in [2.24, 2.45) is 0 Å². The van der Waals surface area contributed by atoms with Crippen LogP contribution in [0.15, 0.2) is 35.2 Å². The van der Waals surface area contributed by atoms with Crippen LogP contribution < -0.4 is 5.32 Å². The van der Waals surface area contributed by atoms with Crippen LogP contribution in [-0.2, 0) is 19.4 Å². The van der Waals surface area contributed by atoms with Crippen molar-refractivity contribution in [2.75, 3.05) is 5.75 Å². The number of nitrogens with one attached hydrogen (secondary N) is 1. The van der Waals surface area contributed by atoms with E-state index in [4.69, 9.17) is 0 Å². The van der Waals surface area contributed by atoms with E-state index in [0.717, 1.165) is 0 Å². The maximum atomic E-state index is 11.9. The Bertz CT molecular complexity index is 550. The second-order valence-electron chi connectivity index (χ2n) is 3.86. The molecule has 1 amide bonds. The van der Waals surface area contributed by atoms with E-state index in [1.54, 1.807) is 18.2 Å². The molecule has 6 heteroatoms. The standard InChI is InChI=1S/C11H11NO4S/c13-10-6-11(14)12-9(10)7-17(15,16)8-4-2-1-3-5-8/h1-5,9H,6-7H2,(H,12,14). The second kappa shape index (κ2) is 4.29. The summed E-state index contributed by atoms with van der Waals surface area (Å²) < 4.78 is 23.9. The van der Waals surface area contributed by atoms with Crippen LogP contribution in [0.1, 0.15) is 6.42 Å². The van der Waals surface area contributed by atoms with Crippen LogP contribution in [0.2, 0.25) is 0 Å². The molecule has 0 aromatic heterocycles. The number of benzene rings is 1. The van der Waals surface area contributed by atoms with Crippen LogP contribution in [0.4, 0.5) is 0 Å². The van der Waals surface area contributed by atoms with E-state index in [0.29, 0.717) is 0 Å². The average Bonchev–Trinajstić information content (AvgIpc) is 2.58. The molecule has 1 saturated heterocycles. The van der Waals surface area contributed by atoms with E-state index in [9.17, 15) is 18.0 Å². The molecule has 0 spiro atoms. The minimum absolute atomic E-state index is 0.161. The smallest absolute Gasteiger partial charge is 0.228 e. The van der Waals surface area contributed by atoms with E-state index >= 15 is 0 Å². The van der Waals surface area contributed by atoms with Crippen molar-refractivity contribution in [2.45, 2.75) is 17.4 Å². The lowest BCUT2D eigenvalue weighted by atomic mass is 10.2. The van der Waals surface area contributed by atoms with Gasteiger partial charge in [-0.05, 0) is 12.1 Å². The Morgan fingerprint density at radius 1 is 1.18 bits per heavy atom.